The van der Waals surface area contributed by atoms with Gasteiger partial charge in [-0.15, -0.1) is 0 Å². The molecule has 0 spiro atoms. The van der Waals surface area contributed by atoms with E-state index in [0.29, 0.717) is 13.2 Å². The molecule has 0 aliphatic carbocycles. The summed E-state index contributed by atoms with van der Waals surface area (Å²) in [7, 11) is -4.67. The summed E-state index contributed by atoms with van der Waals surface area (Å²) < 4.78 is 36.2. The zero-order valence-corrected chi connectivity index (χ0v) is 10.1. The minimum absolute atomic E-state index is 0. The van der Waals surface area contributed by atoms with Gasteiger partial charge in [0.25, 0.3) is 0 Å². The fraction of sp³-hybridized carbons (Fsp3) is 1.00. The maximum Gasteiger partial charge on any atom is 1.00 e. The minimum Gasteiger partial charge on any atom is -1.00 e. The summed E-state index contributed by atoms with van der Waals surface area (Å²) in [5.41, 5.74) is 0. The molecule has 0 unspecified atom stereocenters. The first-order valence-electron chi connectivity index (χ1n) is 2.91. The van der Waals surface area contributed by atoms with Crippen molar-refractivity contribution in [1.82, 2.24) is 0 Å². The van der Waals surface area contributed by atoms with E-state index in [9.17, 15) is 0 Å². The Morgan fingerprint density at radius 3 is 1.46 bits per heavy atom. The average Bonchev–Trinajstić information content (AvgIpc) is 1.85. The molecule has 0 aromatic heterocycles. The molecule has 0 aromatic carbocycles. The van der Waals surface area contributed by atoms with Gasteiger partial charge in [-0.05, 0) is 0 Å². The molecule has 0 atom stereocenters. The first-order valence-corrected chi connectivity index (χ1v) is 4.31. The standard InChI is InChI=1S/C4H10O3.Na.H2O4S.H/c5-1-3-7-4-2-6;;1-5(2,3)4;/h5-6H,1-4H2;;(H2,1,2,3,4);/q;+1;;-1. The molecule has 0 radical (unpaired) electrons. The first-order chi connectivity index (χ1) is 5.41. The van der Waals surface area contributed by atoms with Gasteiger partial charge in [-0.2, -0.15) is 8.42 Å². The van der Waals surface area contributed by atoms with Crippen molar-refractivity contribution in [3.63, 3.8) is 0 Å². The van der Waals surface area contributed by atoms with E-state index in [1.807, 2.05) is 0 Å². The van der Waals surface area contributed by atoms with E-state index < -0.39 is 10.4 Å². The summed E-state index contributed by atoms with van der Waals surface area (Å²) in [5.74, 6) is 0. The number of hydrogen-bond donors (Lipinski definition) is 4. The van der Waals surface area contributed by atoms with Crippen molar-refractivity contribution in [2.24, 2.45) is 0 Å². The van der Waals surface area contributed by atoms with Crippen LogP contribution >= 0.6 is 0 Å². The van der Waals surface area contributed by atoms with Crippen LogP contribution in [0.15, 0.2) is 0 Å². The second-order valence-corrected chi connectivity index (χ2v) is 2.40. The van der Waals surface area contributed by atoms with Crippen LogP contribution in [-0.4, -0.2) is 54.2 Å². The molecule has 0 aliphatic rings. The maximum absolute atomic E-state index is 8.74. The van der Waals surface area contributed by atoms with Crippen LogP contribution < -0.4 is 29.6 Å². The van der Waals surface area contributed by atoms with Crippen LogP contribution in [0.3, 0.4) is 0 Å². The van der Waals surface area contributed by atoms with Crippen molar-refractivity contribution in [2.45, 2.75) is 0 Å². The van der Waals surface area contributed by atoms with Crippen LogP contribution in [0.1, 0.15) is 1.43 Å². The number of rotatable bonds is 4. The van der Waals surface area contributed by atoms with Crippen molar-refractivity contribution in [1.29, 1.82) is 0 Å². The maximum atomic E-state index is 8.74. The Morgan fingerprint density at radius 2 is 1.31 bits per heavy atom. The molecule has 0 amide bonds. The fourth-order valence-electron chi connectivity index (χ4n) is 0.231. The molecular formula is C4H13NaO7S. The predicted molar refractivity (Wildman–Crippen MR) is 40.3 cm³/mol. The molecule has 0 bridgehead atoms. The Morgan fingerprint density at radius 1 is 1.08 bits per heavy atom. The SMILES string of the molecule is O=S(=O)(O)O.OCCOCCO.[H-].[Na+]. The Hall–Kier alpha value is 0.750. The molecular weight excluding hydrogens is 215 g/mol. The predicted octanol–water partition coefficient (Wildman–Crippen LogP) is -4.55. The van der Waals surface area contributed by atoms with Crippen molar-refractivity contribution >= 4 is 10.4 Å². The van der Waals surface area contributed by atoms with Gasteiger partial charge in [0.05, 0.1) is 26.4 Å². The summed E-state index contributed by atoms with van der Waals surface area (Å²) in [6.45, 7) is 0.696. The van der Waals surface area contributed by atoms with Gasteiger partial charge in [-0.3, -0.25) is 9.11 Å². The normalized spacial score (nSPS) is 9.54. The third kappa shape index (κ3) is 65.3. The van der Waals surface area contributed by atoms with E-state index >= 15 is 0 Å². The second kappa shape index (κ2) is 12.8. The molecule has 4 N–H and O–H groups in total. The van der Waals surface area contributed by atoms with Crippen LogP contribution in [0.5, 0.6) is 0 Å². The van der Waals surface area contributed by atoms with Crippen LogP contribution in [0.25, 0.3) is 0 Å². The Kier molecular flexibility index (Phi) is 19.0. The van der Waals surface area contributed by atoms with Crippen molar-refractivity contribution in [3.05, 3.63) is 0 Å². The average molecular weight is 228 g/mol. The molecule has 0 aliphatic heterocycles. The summed E-state index contributed by atoms with van der Waals surface area (Å²) >= 11 is 0. The summed E-state index contributed by atoms with van der Waals surface area (Å²) in [6.07, 6.45) is 0. The van der Waals surface area contributed by atoms with Crippen LogP contribution in [0.4, 0.5) is 0 Å². The van der Waals surface area contributed by atoms with Gasteiger partial charge in [0, 0.05) is 0 Å². The molecule has 9 heteroatoms. The second-order valence-electron chi connectivity index (χ2n) is 1.51. The Labute approximate surface area is 100 Å². The van der Waals surface area contributed by atoms with E-state index in [-0.39, 0.29) is 44.2 Å². The minimum atomic E-state index is -4.67. The van der Waals surface area contributed by atoms with Gasteiger partial charge in [-0.25, -0.2) is 0 Å². The molecule has 13 heavy (non-hydrogen) atoms. The fourth-order valence-corrected chi connectivity index (χ4v) is 0.231. The molecule has 78 valence electrons. The van der Waals surface area contributed by atoms with Gasteiger partial charge >= 0.3 is 40.0 Å². The van der Waals surface area contributed by atoms with Crippen molar-refractivity contribution in [3.8, 4) is 0 Å². The number of aliphatic hydroxyl groups excluding tert-OH is 2. The van der Waals surface area contributed by atoms with Gasteiger partial charge in [0.1, 0.15) is 0 Å². The van der Waals surface area contributed by atoms with Crippen LogP contribution in [0.2, 0.25) is 0 Å². The van der Waals surface area contributed by atoms with Gasteiger partial charge in [0.15, 0.2) is 0 Å². The molecule has 7 nitrogen and oxygen atoms in total. The van der Waals surface area contributed by atoms with E-state index in [1.54, 1.807) is 0 Å². The Balaban J connectivity index is -0.0000000651. The molecule has 0 saturated carbocycles. The number of ether oxygens (including phenoxy) is 1. The largest absolute Gasteiger partial charge is 1.00 e. The van der Waals surface area contributed by atoms with E-state index in [2.05, 4.69) is 4.74 Å². The molecule has 0 fully saturated rings. The summed E-state index contributed by atoms with van der Waals surface area (Å²) in [4.78, 5) is 0. The number of aliphatic hydroxyl groups is 2. The van der Waals surface area contributed by atoms with Gasteiger partial charge < -0.3 is 16.4 Å². The van der Waals surface area contributed by atoms with Gasteiger partial charge in [-0.1, -0.05) is 0 Å². The molecule has 0 aromatic rings. The molecule has 0 saturated heterocycles. The van der Waals surface area contributed by atoms with E-state index in [1.165, 1.54) is 0 Å². The first kappa shape index (κ1) is 19.3. The smallest absolute Gasteiger partial charge is 1.00 e. The monoisotopic (exact) mass is 228 g/mol. The van der Waals surface area contributed by atoms with E-state index in [0.717, 1.165) is 0 Å². The quantitative estimate of drug-likeness (QED) is 0.217. The van der Waals surface area contributed by atoms with E-state index in [4.69, 9.17) is 27.7 Å². The summed E-state index contributed by atoms with van der Waals surface area (Å²) in [6, 6.07) is 0. The zero-order chi connectivity index (χ0) is 10.0. The molecule has 0 heterocycles. The number of hydrogen-bond acceptors (Lipinski definition) is 5. The van der Waals surface area contributed by atoms with Crippen molar-refractivity contribution < 1.29 is 63.5 Å². The zero-order valence-electron chi connectivity index (χ0n) is 8.25. The topological polar surface area (TPSA) is 124 Å². The third-order valence-electron chi connectivity index (χ3n) is 0.471. The van der Waals surface area contributed by atoms with Crippen LogP contribution in [0, 0.1) is 0 Å². The van der Waals surface area contributed by atoms with Crippen molar-refractivity contribution in [2.75, 3.05) is 26.4 Å². The summed E-state index contributed by atoms with van der Waals surface area (Å²) in [5, 5.41) is 16.2. The third-order valence-corrected chi connectivity index (χ3v) is 0.471. The van der Waals surface area contributed by atoms with Crippen LogP contribution in [-0.2, 0) is 15.1 Å². The molecule has 0 rings (SSSR count). The Bertz CT molecular complexity index is 161. The van der Waals surface area contributed by atoms with Gasteiger partial charge in [0.2, 0.25) is 0 Å².